The van der Waals surface area contributed by atoms with Gasteiger partial charge in [-0.05, 0) is 45.4 Å². The topological polar surface area (TPSA) is 74.7 Å². The fraction of sp³-hybridized carbons (Fsp3) is 0.350. The zero-order valence-electron chi connectivity index (χ0n) is 15.7. The van der Waals surface area contributed by atoms with E-state index in [0.29, 0.717) is 28.3 Å². The van der Waals surface area contributed by atoms with E-state index in [9.17, 15) is 9.59 Å². The van der Waals surface area contributed by atoms with Crippen molar-refractivity contribution in [3.05, 3.63) is 46.8 Å². The molecular formula is C20H23NO5. The minimum Gasteiger partial charge on any atom is -0.497 e. The highest BCUT2D eigenvalue weighted by Gasteiger charge is 2.27. The molecule has 0 unspecified atom stereocenters. The van der Waals surface area contributed by atoms with E-state index in [0.717, 1.165) is 0 Å². The monoisotopic (exact) mass is 357 g/mol. The molecule has 0 bridgehead atoms. The van der Waals surface area contributed by atoms with Crippen molar-refractivity contribution in [2.45, 2.75) is 27.7 Å². The molecule has 0 atom stereocenters. The lowest BCUT2D eigenvalue weighted by Crippen LogP contribution is -2.17. The van der Waals surface area contributed by atoms with Gasteiger partial charge >= 0.3 is 11.9 Å². The van der Waals surface area contributed by atoms with Crippen molar-refractivity contribution in [1.82, 2.24) is 4.98 Å². The minimum absolute atomic E-state index is 0.221. The summed E-state index contributed by atoms with van der Waals surface area (Å²) >= 11 is 0. The molecule has 0 fully saturated rings. The minimum atomic E-state index is -0.527. The van der Waals surface area contributed by atoms with E-state index in [1.165, 1.54) is 0 Å². The van der Waals surface area contributed by atoms with Crippen LogP contribution < -0.4 is 4.74 Å². The number of aryl methyl sites for hydroxylation is 2. The Labute approximate surface area is 153 Å². The van der Waals surface area contributed by atoms with Crippen molar-refractivity contribution in [1.29, 1.82) is 0 Å². The average Bonchev–Trinajstić information content (AvgIpc) is 2.61. The molecule has 0 spiro atoms. The maximum Gasteiger partial charge on any atom is 0.340 e. The molecule has 0 aliphatic rings. The van der Waals surface area contributed by atoms with Gasteiger partial charge in [0.15, 0.2) is 0 Å². The molecule has 26 heavy (non-hydrogen) atoms. The van der Waals surface area contributed by atoms with E-state index >= 15 is 0 Å². The van der Waals surface area contributed by atoms with Crippen LogP contribution in [0, 0.1) is 13.8 Å². The predicted molar refractivity (Wildman–Crippen MR) is 97.6 cm³/mol. The fourth-order valence-electron chi connectivity index (χ4n) is 2.82. The van der Waals surface area contributed by atoms with Gasteiger partial charge in [0.1, 0.15) is 5.75 Å². The number of methoxy groups -OCH3 is 1. The summed E-state index contributed by atoms with van der Waals surface area (Å²) in [7, 11) is 1.56. The van der Waals surface area contributed by atoms with Gasteiger partial charge in [-0.2, -0.15) is 0 Å². The number of hydrogen-bond donors (Lipinski definition) is 0. The third-order valence-corrected chi connectivity index (χ3v) is 3.88. The lowest BCUT2D eigenvalue weighted by Gasteiger charge is -2.18. The van der Waals surface area contributed by atoms with Crippen LogP contribution in [0.2, 0.25) is 0 Å². The Hall–Kier alpha value is -2.89. The van der Waals surface area contributed by atoms with Gasteiger partial charge in [0.05, 0.1) is 42.8 Å². The van der Waals surface area contributed by atoms with Crippen LogP contribution in [0.4, 0.5) is 0 Å². The molecule has 0 amide bonds. The van der Waals surface area contributed by atoms with Crippen LogP contribution >= 0.6 is 0 Å². The second-order valence-corrected chi connectivity index (χ2v) is 5.58. The average molecular weight is 357 g/mol. The molecule has 0 aliphatic carbocycles. The Morgan fingerprint density at radius 3 is 1.96 bits per heavy atom. The van der Waals surface area contributed by atoms with Crippen LogP contribution in [0.25, 0.3) is 11.1 Å². The number of carbonyl (C=O) groups is 2. The molecular weight excluding hydrogens is 334 g/mol. The summed E-state index contributed by atoms with van der Waals surface area (Å²) in [6, 6.07) is 7.16. The number of carbonyl (C=O) groups excluding carboxylic acids is 2. The van der Waals surface area contributed by atoms with Crippen LogP contribution in [0.5, 0.6) is 5.75 Å². The molecule has 2 rings (SSSR count). The Balaban J connectivity index is 2.85. The Morgan fingerprint density at radius 2 is 1.50 bits per heavy atom. The summed E-state index contributed by atoms with van der Waals surface area (Å²) in [6.45, 7) is 7.34. The SMILES string of the molecule is CCOC(=O)c1c(C)nc(C)c(C(=O)OCC)c1-c1cccc(OC)c1. The van der Waals surface area contributed by atoms with Crippen LogP contribution in [0.3, 0.4) is 0 Å². The maximum atomic E-state index is 12.6. The number of ether oxygens (including phenoxy) is 3. The molecule has 2 aromatic rings. The second-order valence-electron chi connectivity index (χ2n) is 5.58. The summed E-state index contributed by atoms with van der Waals surface area (Å²) in [5, 5.41) is 0. The summed E-state index contributed by atoms with van der Waals surface area (Å²) in [5.41, 5.74) is 2.61. The highest BCUT2D eigenvalue weighted by molar-refractivity contribution is 6.07. The van der Waals surface area contributed by atoms with Gasteiger partial charge in [0.2, 0.25) is 0 Å². The Kier molecular flexibility index (Phi) is 6.33. The first-order valence-corrected chi connectivity index (χ1v) is 8.44. The maximum absolute atomic E-state index is 12.6. The molecule has 1 aromatic carbocycles. The van der Waals surface area contributed by atoms with Gasteiger partial charge < -0.3 is 14.2 Å². The first kappa shape index (κ1) is 19.4. The van der Waals surface area contributed by atoms with Crippen molar-refractivity contribution in [2.75, 3.05) is 20.3 Å². The standard InChI is InChI=1S/C20H23NO5/c1-6-25-19(22)16-12(3)21-13(4)17(20(23)26-7-2)18(16)14-9-8-10-15(11-14)24-5/h8-11H,6-7H2,1-5H3. The third kappa shape index (κ3) is 3.85. The van der Waals surface area contributed by atoms with Crippen molar-refractivity contribution in [3.63, 3.8) is 0 Å². The summed E-state index contributed by atoms with van der Waals surface area (Å²) in [5.74, 6) is -0.444. The molecule has 0 saturated heterocycles. The third-order valence-electron chi connectivity index (χ3n) is 3.88. The van der Waals surface area contributed by atoms with Crippen molar-refractivity contribution >= 4 is 11.9 Å². The molecule has 6 heteroatoms. The van der Waals surface area contributed by atoms with Gasteiger partial charge in [-0.3, -0.25) is 4.98 Å². The number of rotatable bonds is 6. The summed E-state index contributed by atoms with van der Waals surface area (Å²) in [4.78, 5) is 29.6. The van der Waals surface area contributed by atoms with E-state index in [1.54, 1.807) is 53.0 Å². The number of nitrogens with zero attached hydrogens (tertiary/aromatic N) is 1. The molecule has 0 N–H and O–H groups in total. The van der Waals surface area contributed by atoms with Crippen LogP contribution in [-0.2, 0) is 9.47 Å². The molecule has 6 nitrogen and oxygen atoms in total. The van der Waals surface area contributed by atoms with Gasteiger partial charge in [0.25, 0.3) is 0 Å². The van der Waals surface area contributed by atoms with E-state index in [-0.39, 0.29) is 24.3 Å². The zero-order valence-corrected chi connectivity index (χ0v) is 15.7. The molecule has 0 saturated carbocycles. The number of hydrogen-bond acceptors (Lipinski definition) is 6. The lowest BCUT2D eigenvalue weighted by molar-refractivity contribution is 0.0525. The highest BCUT2D eigenvalue weighted by Crippen LogP contribution is 2.34. The van der Waals surface area contributed by atoms with E-state index in [1.807, 2.05) is 6.07 Å². The smallest absolute Gasteiger partial charge is 0.340 e. The van der Waals surface area contributed by atoms with Gasteiger partial charge in [-0.25, -0.2) is 9.59 Å². The molecule has 1 aromatic heterocycles. The number of benzene rings is 1. The first-order valence-electron chi connectivity index (χ1n) is 8.44. The van der Waals surface area contributed by atoms with Crippen LogP contribution in [0.15, 0.2) is 24.3 Å². The largest absolute Gasteiger partial charge is 0.497 e. The Morgan fingerprint density at radius 1 is 0.962 bits per heavy atom. The molecule has 138 valence electrons. The van der Waals surface area contributed by atoms with E-state index in [4.69, 9.17) is 14.2 Å². The molecule has 0 aliphatic heterocycles. The fourth-order valence-corrected chi connectivity index (χ4v) is 2.82. The normalized spacial score (nSPS) is 10.3. The molecule has 1 heterocycles. The van der Waals surface area contributed by atoms with E-state index in [2.05, 4.69) is 4.98 Å². The quantitative estimate of drug-likeness (QED) is 0.734. The van der Waals surface area contributed by atoms with Crippen LogP contribution in [0.1, 0.15) is 46.0 Å². The van der Waals surface area contributed by atoms with Crippen molar-refractivity contribution < 1.29 is 23.8 Å². The summed E-state index contributed by atoms with van der Waals surface area (Å²) < 4.78 is 15.7. The van der Waals surface area contributed by atoms with Crippen LogP contribution in [-0.4, -0.2) is 37.2 Å². The second kappa shape index (κ2) is 8.47. The van der Waals surface area contributed by atoms with Gasteiger partial charge in [-0.15, -0.1) is 0 Å². The number of aromatic nitrogens is 1. The van der Waals surface area contributed by atoms with E-state index < -0.39 is 11.9 Å². The number of esters is 2. The number of pyridine rings is 1. The van der Waals surface area contributed by atoms with Crippen molar-refractivity contribution in [2.24, 2.45) is 0 Å². The lowest BCUT2D eigenvalue weighted by atomic mass is 9.92. The van der Waals surface area contributed by atoms with Gasteiger partial charge in [-0.1, -0.05) is 12.1 Å². The zero-order chi connectivity index (χ0) is 19.3. The summed E-state index contributed by atoms with van der Waals surface area (Å²) in [6.07, 6.45) is 0. The predicted octanol–water partition coefficient (Wildman–Crippen LogP) is 3.73. The first-order chi connectivity index (χ1) is 12.4. The molecule has 0 radical (unpaired) electrons. The highest BCUT2D eigenvalue weighted by atomic mass is 16.5. The van der Waals surface area contributed by atoms with Gasteiger partial charge in [0, 0.05) is 5.56 Å². The van der Waals surface area contributed by atoms with Crippen molar-refractivity contribution in [3.8, 4) is 16.9 Å². The Bertz CT molecular complexity index is 787.